The molecular formula is C16H21ClFN3. The second kappa shape index (κ2) is 5.78. The maximum atomic E-state index is 13.8. The maximum Gasteiger partial charge on any atom is 0.126 e. The smallest absolute Gasteiger partial charge is 0.126 e. The zero-order valence-electron chi connectivity index (χ0n) is 12.9. The molecule has 0 amide bonds. The number of nitrogens with zero attached hydrogens (tertiary/aromatic N) is 2. The molecule has 0 saturated carbocycles. The zero-order valence-corrected chi connectivity index (χ0v) is 13.6. The lowest BCUT2D eigenvalue weighted by atomic mass is 9.87. The van der Waals surface area contributed by atoms with Crippen molar-refractivity contribution in [1.82, 2.24) is 9.78 Å². The molecule has 0 aliphatic carbocycles. The van der Waals surface area contributed by atoms with Crippen LogP contribution in [-0.4, -0.2) is 9.78 Å². The summed E-state index contributed by atoms with van der Waals surface area (Å²) in [4.78, 5) is 0. The molecule has 3 nitrogen and oxygen atoms in total. The Labute approximate surface area is 129 Å². The fourth-order valence-electron chi connectivity index (χ4n) is 2.44. The van der Waals surface area contributed by atoms with Crippen LogP contribution < -0.4 is 5.73 Å². The predicted molar refractivity (Wildman–Crippen MR) is 84.0 cm³/mol. The number of rotatable bonds is 4. The lowest BCUT2D eigenvalue weighted by Gasteiger charge is -2.26. The van der Waals surface area contributed by atoms with Crippen molar-refractivity contribution >= 4 is 11.6 Å². The van der Waals surface area contributed by atoms with Crippen molar-refractivity contribution in [1.29, 1.82) is 0 Å². The Morgan fingerprint density at radius 3 is 2.62 bits per heavy atom. The Kier molecular flexibility index (Phi) is 4.40. The summed E-state index contributed by atoms with van der Waals surface area (Å²) in [7, 11) is 0. The highest BCUT2D eigenvalue weighted by Crippen LogP contribution is 2.29. The molecule has 0 aliphatic heterocycles. The number of halogens is 2. The number of benzene rings is 1. The summed E-state index contributed by atoms with van der Waals surface area (Å²) in [5.74, 6) is -0.240. The fourth-order valence-corrected chi connectivity index (χ4v) is 2.64. The van der Waals surface area contributed by atoms with Gasteiger partial charge in [0.1, 0.15) is 5.82 Å². The van der Waals surface area contributed by atoms with Gasteiger partial charge in [-0.2, -0.15) is 5.10 Å². The first-order valence-electron chi connectivity index (χ1n) is 7.03. The molecule has 21 heavy (non-hydrogen) atoms. The number of nitrogens with two attached hydrogens (primary N) is 1. The van der Waals surface area contributed by atoms with Crippen LogP contribution >= 0.6 is 11.6 Å². The van der Waals surface area contributed by atoms with Crippen LogP contribution in [0.4, 0.5) is 4.39 Å². The summed E-state index contributed by atoms with van der Waals surface area (Å²) < 4.78 is 15.6. The number of aryl methyl sites for hydroxylation is 3. The molecule has 0 radical (unpaired) electrons. The zero-order chi connectivity index (χ0) is 15.8. The lowest BCUT2D eigenvalue weighted by molar-refractivity contribution is 0.460. The minimum Gasteiger partial charge on any atom is -0.321 e. The Morgan fingerprint density at radius 2 is 2.05 bits per heavy atom. The minimum atomic E-state index is -0.711. The van der Waals surface area contributed by atoms with Crippen molar-refractivity contribution in [2.75, 3.05) is 0 Å². The minimum absolute atomic E-state index is 0.240. The molecule has 1 heterocycles. The fraction of sp³-hybridized carbons (Fsp3) is 0.438. The molecular weight excluding hydrogens is 289 g/mol. The van der Waals surface area contributed by atoms with Crippen LogP contribution in [0.2, 0.25) is 5.02 Å². The monoisotopic (exact) mass is 309 g/mol. The lowest BCUT2D eigenvalue weighted by Crippen LogP contribution is -2.36. The van der Waals surface area contributed by atoms with E-state index in [1.54, 1.807) is 13.0 Å². The highest BCUT2D eigenvalue weighted by Gasteiger charge is 2.26. The number of aromatic nitrogens is 2. The first-order valence-corrected chi connectivity index (χ1v) is 7.41. The normalized spacial score (nSPS) is 14.2. The van der Waals surface area contributed by atoms with Crippen molar-refractivity contribution in [3.63, 3.8) is 0 Å². The van der Waals surface area contributed by atoms with Gasteiger partial charge in [0.15, 0.2) is 0 Å². The van der Waals surface area contributed by atoms with E-state index in [4.69, 9.17) is 17.3 Å². The molecule has 1 unspecified atom stereocenters. The van der Waals surface area contributed by atoms with Crippen LogP contribution in [0.5, 0.6) is 0 Å². The van der Waals surface area contributed by atoms with Gasteiger partial charge >= 0.3 is 0 Å². The molecule has 1 aromatic carbocycles. The van der Waals surface area contributed by atoms with Gasteiger partial charge in [-0.15, -0.1) is 0 Å². The van der Waals surface area contributed by atoms with Gasteiger partial charge in [0.05, 0.1) is 16.4 Å². The molecule has 1 atom stereocenters. The number of hydrogen-bond acceptors (Lipinski definition) is 2. The first-order chi connectivity index (χ1) is 9.76. The molecule has 0 aliphatic rings. The van der Waals surface area contributed by atoms with Crippen LogP contribution in [0.15, 0.2) is 18.2 Å². The summed E-state index contributed by atoms with van der Waals surface area (Å²) >= 11 is 6.33. The summed E-state index contributed by atoms with van der Waals surface area (Å²) in [5, 5.41) is 5.03. The SMILES string of the molecule is CCn1nc(C)c(Cl)c1CC(C)(N)c1ccc(C)c(F)c1. The average Bonchev–Trinajstić information content (AvgIpc) is 2.69. The van der Waals surface area contributed by atoms with E-state index in [0.29, 0.717) is 17.0 Å². The van der Waals surface area contributed by atoms with E-state index < -0.39 is 5.54 Å². The molecule has 0 spiro atoms. The van der Waals surface area contributed by atoms with Gasteiger partial charge in [0.2, 0.25) is 0 Å². The second-order valence-electron chi connectivity index (χ2n) is 5.72. The van der Waals surface area contributed by atoms with Gasteiger partial charge in [0.25, 0.3) is 0 Å². The first kappa shape index (κ1) is 16.0. The van der Waals surface area contributed by atoms with Crippen molar-refractivity contribution in [2.45, 2.75) is 46.2 Å². The van der Waals surface area contributed by atoms with Crippen LogP contribution in [0.1, 0.15) is 36.4 Å². The van der Waals surface area contributed by atoms with E-state index in [2.05, 4.69) is 5.10 Å². The van der Waals surface area contributed by atoms with Gasteiger partial charge in [-0.1, -0.05) is 23.7 Å². The van der Waals surface area contributed by atoms with Gasteiger partial charge in [-0.25, -0.2) is 4.39 Å². The maximum absolute atomic E-state index is 13.8. The summed E-state index contributed by atoms with van der Waals surface area (Å²) in [6.45, 7) is 8.22. The molecule has 2 N–H and O–H groups in total. The molecule has 5 heteroatoms. The van der Waals surface area contributed by atoms with Crippen molar-refractivity contribution in [2.24, 2.45) is 5.73 Å². The van der Waals surface area contributed by atoms with Crippen LogP contribution in [0.3, 0.4) is 0 Å². The predicted octanol–water partition coefficient (Wildman–Crippen LogP) is 3.73. The average molecular weight is 310 g/mol. The molecule has 0 fully saturated rings. The van der Waals surface area contributed by atoms with E-state index >= 15 is 0 Å². The summed E-state index contributed by atoms with van der Waals surface area (Å²) in [6.07, 6.45) is 0.503. The van der Waals surface area contributed by atoms with Crippen LogP contribution in [0, 0.1) is 19.7 Å². The third kappa shape index (κ3) is 3.11. The highest BCUT2D eigenvalue weighted by atomic mass is 35.5. The molecule has 2 rings (SSSR count). The van der Waals surface area contributed by atoms with Gasteiger partial charge < -0.3 is 5.73 Å². The Morgan fingerprint density at radius 1 is 1.38 bits per heavy atom. The molecule has 2 aromatic rings. The van der Waals surface area contributed by atoms with Crippen LogP contribution in [-0.2, 0) is 18.5 Å². The van der Waals surface area contributed by atoms with Gasteiger partial charge in [-0.05, 0) is 44.9 Å². The number of hydrogen-bond donors (Lipinski definition) is 1. The third-order valence-electron chi connectivity index (χ3n) is 3.82. The van der Waals surface area contributed by atoms with Crippen molar-refractivity contribution in [3.05, 3.63) is 51.6 Å². The highest BCUT2D eigenvalue weighted by molar-refractivity contribution is 6.31. The van der Waals surface area contributed by atoms with E-state index in [1.807, 2.05) is 31.5 Å². The van der Waals surface area contributed by atoms with Crippen molar-refractivity contribution < 1.29 is 4.39 Å². The van der Waals surface area contributed by atoms with E-state index in [9.17, 15) is 4.39 Å². The van der Waals surface area contributed by atoms with Crippen LogP contribution in [0.25, 0.3) is 0 Å². The third-order valence-corrected chi connectivity index (χ3v) is 4.31. The van der Waals surface area contributed by atoms with Crippen molar-refractivity contribution in [3.8, 4) is 0 Å². The second-order valence-corrected chi connectivity index (χ2v) is 6.10. The van der Waals surface area contributed by atoms with E-state index in [-0.39, 0.29) is 5.82 Å². The Balaban J connectivity index is 2.39. The largest absolute Gasteiger partial charge is 0.321 e. The molecule has 0 bridgehead atoms. The molecule has 114 valence electrons. The van der Waals surface area contributed by atoms with E-state index in [1.165, 1.54) is 6.07 Å². The van der Waals surface area contributed by atoms with Gasteiger partial charge in [-0.3, -0.25) is 4.68 Å². The topological polar surface area (TPSA) is 43.8 Å². The molecule has 0 saturated heterocycles. The van der Waals surface area contributed by atoms with E-state index in [0.717, 1.165) is 23.5 Å². The summed E-state index contributed by atoms with van der Waals surface area (Å²) in [6, 6.07) is 5.12. The Hall–Kier alpha value is -1.39. The molecule has 1 aromatic heterocycles. The quantitative estimate of drug-likeness (QED) is 0.935. The Bertz CT molecular complexity index is 662. The van der Waals surface area contributed by atoms with Gasteiger partial charge in [0, 0.05) is 18.5 Å². The standard InChI is InChI=1S/C16H21ClFN3/c1-5-21-14(15(17)11(3)20-21)9-16(4,19)12-7-6-10(2)13(18)8-12/h6-8H,5,9,19H2,1-4H3. The summed E-state index contributed by atoms with van der Waals surface area (Å²) in [5.41, 5.74) is 8.76.